The number of ether oxygens (including phenoxy) is 1. The van der Waals surface area contributed by atoms with Gasteiger partial charge in [-0.05, 0) is 44.9 Å². The van der Waals surface area contributed by atoms with Crippen molar-refractivity contribution in [1.29, 1.82) is 0 Å². The van der Waals surface area contributed by atoms with E-state index in [9.17, 15) is 9.59 Å². The number of hydrogen-bond acceptors (Lipinski definition) is 3. The number of nitrogens with two attached hydrogens (primary N) is 1. The molecule has 2 rings (SSSR count). The zero-order chi connectivity index (χ0) is 17.7. The van der Waals surface area contributed by atoms with Gasteiger partial charge in [-0.15, -0.1) is 0 Å². The standard InChI is InChI=1S/C18H25ClN2O3/c1-12(2)21(14-6-4-3-5-7-14)17(22)11-24-16-9-8-13(19)10-15(16)18(20)23/h8-10,12,14H,3-7,11H2,1-2H3,(H2,20,23). The number of benzene rings is 1. The van der Waals surface area contributed by atoms with Crippen LogP contribution in [0.4, 0.5) is 0 Å². The van der Waals surface area contributed by atoms with E-state index in [1.165, 1.54) is 12.5 Å². The first-order chi connectivity index (χ1) is 11.4. The number of hydrogen-bond donors (Lipinski definition) is 1. The summed E-state index contributed by atoms with van der Waals surface area (Å²) < 4.78 is 5.59. The number of carbonyl (C=O) groups excluding carboxylic acids is 2. The molecule has 0 aromatic heterocycles. The maximum absolute atomic E-state index is 12.7. The van der Waals surface area contributed by atoms with Crippen LogP contribution < -0.4 is 10.5 Å². The molecular weight excluding hydrogens is 328 g/mol. The van der Waals surface area contributed by atoms with Gasteiger partial charge in [0, 0.05) is 17.1 Å². The lowest BCUT2D eigenvalue weighted by molar-refractivity contribution is -0.138. The van der Waals surface area contributed by atoms with Gasteiger partial charge in [0.25, 0.3) is 11.8 Å². The maximum atomic E-state index is 12.7. The van der Waals surface area contributed by atoms with Crippen LogP contribution in [0, 0.1) is 0 Å². The van der Waals surface area contributed by atoms with E-state index in [1.807, 2.05) is 18.7 Å². The van der Waals surface area contributed by atoms with Crippen molar-refractivity contribution >= 4 is 23.4 Å². The quantitative estimate of drug-likeness (QED) is 0.852. The molecular formula is C18H25ClN2O3. The van der Waals surface area contributed by atoms with Crippen molar-refractivity contribution < 1.29 is 14.3 Å². The molecule has 0 saturated heterocycles. The van der Waals surface area contributed by atoms with Gasteiger partial charge in [0.15, 0.2) is 6.61 Å². The van der Waals surface area contributed by atoms with Gasteiger partial charge < -0.3 is 15.4 Å². The predicted octanol–water partition coefficient (Wildman–Crippen LogP) is 3.39. The molecule has 1 saturated carbocycles. The average molecular weight is 353 g/mol. The van der Waals surface area contributed by atoms with E-state index >= 15 is 0 Å². The third kappa shape index (κ3) is 4.63. The van der Waals surface area contributed by atoms with Crippen molar-refractivity contribution in [2.75, 3.05) is 6.61 Å². The van der Waals surface area contributed by atoms with E-state index in [1.54, 1.807) is 12.1 Å². The molecule has 0 unspecified atom stereocenters. The molecule has 1 aromatic carbocycles. The molecule has 0 spiro atoms. The van der Waals surface area contributed by atoms with Crippen molar-refractivity contribution in [1.82, 2.24) is 4.90 Å². The van der Waals surface area contributed by atoms with E-state index in [0.717, 1.165) is 25.7 Å². The first-order valence-electron chi connectivity index (χ1n) is 8.43. The monoisotopic (exact) mass is 352 g/mol. The SMILES string of the molecule is CC(C)N(C(=O)COc1ccc(Cl)cc1C(N)=O)C1CCCCC1. The molecule has 1 aliphatic rings. The first-order valence-corrected chi connectivity index (χ1v) is 8.81. The largest absolute Gasteiger partial charge is 0.483 e. The fourth-order valence-corrected chi connectivity index (χ4v) is 3.48. The summed E-state index contributed by atoms with van der Waals surface area (Å²) in [6.45, 7) is 3.92. The molecule has 1 fully saturated rings. The molecule has 1 aliphatic carbocycles. The Morgan fingerprint density at radius 2 is 1.96 bits per heavy atom. The van der Waals surface area contributed by atoms with E-state index in [0.29, 0.717) is 5.02 Å². The summed E-state index contributed by atoms with van der Waals surface area (Å²) in [5.74, 6) is -0.414. The molecule has 5 nitrogen and oxygen atoms in total. The van der Waals surface area contributed by atoms with E-state index < -0.39 is 5.91 Å². The van der Waals surface area contributed by atoms with E-state index in [-0.39, 0.29) is 35.9 Å². The summed E-state index contributed by atoms with van der Waals surface area (Å²) in [5, 5.41) is 0.397. The zero-order valence-electron chi connectivity index (χ0n) is 14.3. The van der Waals surface area contributed by atoms with Crippen molar-refractivity contribution in [2.45, 2.75) is 58.0 Å². The fourth-order valence-electron chi connectivity index (χ4n) is 3.31. The number of carbonyl (C=O) groups is 2. The average Bonchev–Trinajstić information content (AvgIpc) is 2.54. The Hall–Kier alpha value is -1.75. The van der Waals surface area contributed by atoms with Crippen LogP contribution in [-0.2, 0) is 4.79 Å². The van der Waals surface area contributed by atoms with Gasteiger partial charge in [0.2, 0.25) is 0 Å². The number of halogens is 1. The highest BCUT2D eigenvalue weighted by atomic mass is 35.5. The third-order valence-corrected chi connectivity index (χ3v) is 4.61. The second kappa shape index (κ2) is 8.38. The number of rotatable bonds is 6. The van der Waals surface area contributed by atoms with Crippen LogP contribution in [0.3, 0.4) is 0 Å². The Morgan fingerprint density at radius 3 is 2.54 bits per heavy atom. The van der Waals surface area contributed by atoms with Crippen molar-refractivity contribution in [3.05, 3.63) is 28.8 Å². The summed E-state index contributed by atoms with van der Waals surface area (Å²) in [6, 6.07) is 5.01. The molecule has 24 heavy (non-hydrogen) atoms. The van der Waals surface area contributed by atoms with Crippen LogP contribution in [0.2, 0.25) is 5.02 Å². The minimum Gasteiger partial charge on any atom is -0.483 e. The van der Waals surface area contributed by atoms with Crippen LogP contribution in [0.5, 0.6) is 5.75 Å². The van der Waals surface area contributed by atoms with Crippen LogP contribution in [0.25, 0.3) is 0 Å². The minimum absolute atomic E-state index is 0.0673. The molecule has 0 radical (unpaired) electrons. The van der Waals surface area contributed by atoms with Crippen LogP contribution in [0.1, 0.15) is 56.3 Å². The molecule has 1 aromatic rings. The second-order valence-electron chi connectivity index (χ2n) is 6.48. The number of nitrogens with zero attached hydrogens (tertiary/aromatic N) is 1. The minimum atomic E-state index is -0.632. The summed E-state index contributed by atoms with van der Waals surface area (Å²) in [4.78, 5) is 26.1. The van der Waals surface area contributed by atoms with Gasteiger partial charge in [-0.25, -0.2) is 0 Å². The molecule has 0 atom stereocenters. The summed E-state index contributed by atoms with van der Waals surface area (Å²) >= 11 is 5.88. The van der Waals surface area contributed by atoms with E-state index in [4.69, 9.17) is 22.1 Å². The van der Waals surface area contributed by atoms with Gasteiger partial charge in [-0.2, -0.15) is 0 Å². The fraction of sp³-hybridized carbons (Fsp3) is 0.556. The topological polar surface area (TPSA) is 72.6 Å². The Morgan fingerprint density at radius 1 is 1.29 bits per heavy atom. The summed E-state index contributed by atoms with van der Waals surface area (Å²) in [5.41, 5.74) is 5.53. The highest BCUT2D eigenvalue weighted by Gasteiger charge is 2.28. The molecule has 0 heterocycles. The lowest BCUT2D eigenvalue weighted by atomic mass is 9.93. The maximum Gasteiger partial charge on any atom is 0.260 e. The van der Waals surface area contributed by atoms with Gasteiger partial charge in [-0.1, -0.05) is 30.9 Å². The summed E-state index contributed by atoms with van der Waals surface area (Å²) in [6.07, 6.45) is 5.63. The van der Waals surface area contributed by atoms with E-state index in [2.05, 4.69) is 0 Å². The molecule has 0 aliphatic heterocycles. The van der Waals surface area contributed by atoms with Crippen molar-refractivity contribution in [3.8, 4) is 5.75 Å². The Balaban J connectivity index is 2.06. The highest BCUT2D eigenvalue weighted by molar-refractivity contribution is 6.31. The van der Waals surface area contributed by atoms with Crippen molar-refractivity contribution in [2.24, 2.45) is 5.73 Å². The Kier molecular flexibility index (Phi) is 6.49. The Bertz CT molecular complexity index is 598. The molecule has 6 heteroatoms. The van der Waals surface area contributed by atoms with Gasteiger partial charge in [-0.3, -0.25) is 9.59 Å². The summed E-state index contributed by atoms with van der Waals surface area (Å²) in [7, 11) is 0. The third-order valence-electron chi connectivity index (χ3n) is 4.37. The molecule has 2 N–H and O–H groups in total. The van der Waals surface area contributed by atoms with Crippen molar-refractivity contribution in [3.63, 3.8) is 0 Å². The number of amides is 2. The zero-order valence-corrected chi connectivity index (χ0v) is 15.0. The molecule has 0 bridgehead atoms. The highest BCUT2D eigenvalue weighted by Crippen LogP contribution is 2.26. The second-order valence-corrected chi connectivity index (χ2v) is 6.92. The lowest BCUT2D eigenvalue weighted by Gasteiger charge is -2.37. The van der Waals surface area contributed by atoms with Crippen LogP contribution in [0.15, 0.2) is 18.2 Å². The predicted molar refractivity (Wildman–Crippen MR) is 94.3 cm³/mol. The smallest absolute Gasteiger partial charge is 0.260 e. The lowest BCUT2D eigenvalue weighted by Crippen LogP contribution is -2.47. The first kappa shape index (κ1) is 18.6. The van der Waals surface area contributed by atoms with Gasteiger partial charge >= 0.3 is 0 Å². The Labute approximate surface area is 148 Å². The number of primary amides is 1. The molecule has 132 valence electrons. The van der Waals surface area contributed by atoms with Gasteiger partial charge in [0.05, 0.1) is 5.56 Å². The van der Waals surface area contributed by atoms with Gasteiger partial charge in [0.1, 0.15) is 5.75 Å². The molecule has 2 amide bonds. The van der Waals surface area contributed by atoms with Crippen LogP contribution in [-0.4, -0.2) is 35.4 Å². The normalized spacial score (nSPS) is 15.3. The van der Waals surface area contributed by atoms with Crippen LogP contribution >= 0.6 is 11.6 Å².